The standard InChI is InChI=1S/C20H17N3O4/c1-13-16(19(24)21-11-14-4-2-8-26-14)10-17-18(22-13)6-7-23(20(17)25)12-15-5-3-9-27-15/h2-10H,11-12H2,1H3,(H,21,24). The van der Waals surface area contributed by atoms with Gasteiger partial charge in [-0.2, -0.15) is 0 Å². The Kier molecular flexibility index (Phi) is 4.33. The molecule has 136 valence electrons. The van der Waals surface area contributed by atoms with Crippen LogP contribution in [0.1, 0.15) is 27.6 Å². The maximum Gasteiger partial charge on any atom is 0.260 e. The van der Waals surface area contributed by atoms with Crippen LogP contribution in [0.4, 0.5) is 0 Å². The van der Waals surface area contributed by atoms with Gasteiger partial charge in [0.15, 0.2) is 0 Å². The van der Waals surface area contributed by atoms with Crippen molar-refractivity contribution in [2.45, 2.75) is 20.0 Å². The molecule has 4 aromatic heterocycles. The van der Waals surface area contributed by atoms with Gasteiger partial charge in [-0.15, -0.1) is 0 Å². The van der Waals surface area contributed by atoms with Gasteiger partial charge in [0.1, 0.15) is 11.5 Å². The van der Waals surface area contributed by atoms with E-state index in [4.69, 9.17) is 8.83 Å². The Hall–Kier alpha value is -3.61. The lowest BCUT2D eigenvalue weighted by Crippen LogP contribution is -2.25. The fourth-order valence-electron chi connectivity index (χ4n) is 2.91. The lowest BCUT2D eigenvalue weighted by molar-refractivity contribution is 0.0947. The molecule has 1 amide bonds. The number of hydrogen-bond donors (Lipinski definition) is 1. The summed E-state index contributed by atoms with van der Waals surface area (Å²) in [5.74, 6) is 1.02. The third-order valence-electron chi connectivity index (χ3n) is 4.30. The number of aryl methyl sites for hydroxylation is 1. The summed E-state index contributed by atoms with van der Waals surface area (Å²) in [5.41, 5.74) is 1.25. The van der Waals surface area contributed by atoms with Crippen molar-refractivity contribution < 1.29 is 13.6 Å². The van der Waals surface area contributed by atoms with Crippen molar-refractivity contribution in [3.63, 3.8) is 0 Å². The Morgan fingerprint density at radius 1 is 1.15 bits per heavy atom. The average molecular weight is 363 g/mol. The lowest BCUT2D eigenvalue weighted by Gasteiger charge is -2.10. The molecular weight excluding hydrogens is 346 g/mol. The smallest absolute Gasteiger partial charge is 0.260 e. The van der Waals surface area contributed by atoms with Crippen LogP contribution in [0.5, 0.6) is 0 Å². The van der Waals surface area contributed by atoms with Crippen molar-refractivity contribution in [3.8, 4) is 0 Å². The monoisotopic (exact) mass is 363 g/mol. The van der Waals surface area contributed by atoms with Crippen LogP contribution in [0.3, 0.4) is 0 Å². The van der Waals surface area contributed by atoms with E-state index in [0.29, 0.717) is 40.2 Å². The second kappa shape index (κ2) is 6.95. The van der Waals surface area contributed by atoms with Crippen molar-refractivity contribution in [1.82, 2.24) is 14.9 Å². The lowest BCUT2D eigenvalue weighted by atomic mass is 10.1. The number of nitrogens with zero attached hydrogens (tertiary/aromatic N) is 2. The minimum Gasteiger partial charge on any atom is -0.467 e. The molecule has 1 N–H and O–H groups in total. The molecule has 0 saturated carbocycles. The van der Waals surface area contributed by atoms with Crippen LogP contribution in [0, 0.1) is 6.92 Å². The normalized spacial score (nSPS) is 11.0. The molecule has 4 aromatic rings. The first-order chi connectivity index (χ1) is 13.1. The minimum absolute atomic E-state index is 0.225. The Morgan fingerprint density at radius 3 is 2.59 bits per heavy atom. The Labute approximate surface area is 154 Å². The number of amides is 1. The van der Waals surface area contributed by atoms with E-state index in [9.17, 15) is 9.59 Å². The summed E-state index contributed by atoms with van der Waals surface area (Å²) in [7, 11) is 0. The van der Waals surface area contributed by atoms with Crippen LogP contribution in [0.25, 0.3) is 10.9 Å². The van der Waals surface area contributed by atoms with Crippen molar-refractivity contribution in [1.29, 1.82) is 0 Å². The Balaban J connectivity index is 1.66. The van der Waals surface area contributed by atoms with Crippen LogP contribution in [-0.4, -0.2) is 15.5 Å². The number of rotatable bonds is 5. The Bertz CT molecular complexity index is 1140. The third-order valence-corrected chi connectivity index (χ3v) is 4.30. The predicted molar refractivity (Wildman–Crippen MR) is 98.4 cm³/mol. The molecule has 0 unspecified atom stereocenters. The molecule has 0 atom stereocenters. The van der Waals surface area contributed by atoms with Gasteiger partial charge in [0.2, 0.25) is 0 Å². The molecule has 7 heteroatoms. The summed E-state index contributed by atoms with van der Waals surface area (Å²) in [5, 5.41) is 3.17. The number of pyridine rings is 2. The van der Waals surface area contributed by atoms with E-state index in [1.807, 2.05) is 0 Å². The molecule has 0 bridgehead atoms. The van der Waals surface area contributed by atoms with E-state index in [-0.39, 0.29) is 18.0 Å². The number of carbonyl (C=O) groups excluding carboxylic acids is 1. The number of fused-ring (bicyclic) bond motifs is 1. The number of furan rings is 2. The molecule has 0 aliphatic rings. The molecule has 0 radical (unpaired) electrons. The molecular formula is C20H17N3O4. The van der Waals surface area contributed by atoms with Gasteiger partial charge in [0.25, 0.3) is 11.5 Å². The quantitative estimate of drug-likeness (QED) is 0.589. The van der Waals surface area contributed by atoms with Gasteiger partial charge in [0.05, 0.1) is 47.8 Å². The third kappa shape index (κ3) is 3.39. The largest absolute Gasteiger partial charge is 0.467 e. The van der Waals surface area contributed by atoms with Crippen molar-refractivity contribution in [2.75, 3.05) is 0 Å². The second-order valence-corrected chi connectivity index (χ2v) is 6.14. The van der Waals surface area contributed by atoms with Crippen LogP contribution >= 0.6 is 0 Å². The summed E-state index contributed by atoms with van der Waals surface area (Å²) in [4.78, 5) is 29.8. The first-order valence-corrected chi connectivity index (χ1v) is 8.45. The van der Waals surface area contributed by atoms with E-state index in [2.05, 4.69) is 10.3 Å². The molecule has 0 aromatic carbocycles. The van der Waals surface area contributed by atoms with Gasteiger partial charge in [-0.25, -0.2) is 0 Å². The highest BCUT2D eigenvalue weighted by molar-refractivity contribution is 5.98. The van der Waals surface area contributed by atoms with Crippen molar-refractivity contribution in [3.05, 3.63) is 88.3 Å². The number of nitrogens with one attached hydrogen (secondary N) is 1. The SMILES string of the molecule is Cc1nc2ccn(Cc3ccco3)c(=O)c2cc1C(=O)NCc1ccco1. The summed E-state index contributed by atoms with van der Waals surface area (Å²) < 4.78 is 12.0. The van der Waals surface area contributed by atoms with Crippen LogP contribution in [0.15, 0.2) is 68.8 Å². The zero-order chi connectivity index (χ0) is 18.8. The maximum absolute atomic E-state index is 12.8. The maximum atomic E-state index is 12.8. The highest BCUT2D eigenvalue weighted by atomic mass is 16.3. The zero-order valence-electron chi connectivity index (χ0n) is 14.6. The topological polar surface area (TPSA) is 90.3 Å². The molecule has 0 spiro atoms. The molecule has 7 nitrogen and oxygen atoms in total. The fraction of sp³-hybridized carbons (Fsp3) is 0.150. The summed E-state index contributed by atoms with van der Waals surface area (Å²) in [6.07, 6.45) is 4.79. The van der Waals surface area contributed by atoms with E-state index in [1.165, 1.54) is 4.57 Å². The first kappa shape index (κ1) is 16.8. The summed E-state index contributed by atoms with van der Waals surface area (Å²) in [6.45, 7) is 2.33. The van der Waals surface area contributed by atoms with E-state index >= 15 is 0 Å². The van der Waals surface area contributed by atoms with Gasteiger partial charge in [-0.3, -0.25) is 14.6 Å². The molecule has 0 saturated heterocycles. The molecule has 4 heterocycles. The van der Waals surface area contributed by atoms with Gasteiger partial charge < -0.3 is 18.7 Å². The van der Waals surface area contributed by atoms with Crippen LogP contribution < -0.4 is 10.9 Å². The van der Waals surface area contributed by atoms with Crippen molar-refractivity contribution in [2.24, 2.45) is 0 Å². The van der Waals surface area contributed by atoms with E-state index in [0.717, 1.165) is 0 Å². The average Bonchev–Trinajstić information content (AvgIpc) is 3.35. The van der Waals surface area contributed by atoms with Gasteiger partial charge in [0, 0.05) is 6.20 Å². The predicted octanol–water partition coefficient (Wildman–Crippen LogP) is 2.87. The molecule has 27 heavy (non-hydrogen) atoms. The number of hydrogen-bond acceptors (Lipinski definition) is 5. The molecule has 0 fully saturated rings. The molecule has 0 aliphatic heterocycles. The molecule has 4 rings (SSSR count). The number of aromatic nitrogens is 2. The molecule has 0 aliphatic carbocycles. The van der Waals surface area contributed by atoms with Crippen molar-refractivity contribution >= 4 is 16.8 Å². The highest BCUT2D eigenvalue weighted by Gasteiger charge is 2.14. The van der Waals surface area contributed by atoms with Gasteiger partial charge in [-0.1, -0.05) is 0 Å². The summed E-state index contributed by atoms with van der Waals surface area (Å²) in [6, 6.07) is 10.5. The zero-order valence-corrected chi connectivity index (χ0v) is 14.6. The van der Waals surface area contributed by atoms with E-state index in [1.54, 1.807) is 62.0 Å². The second-order valence-electron chi connectivity index (χ2n) is 6.14. The van der Waals surface area contributed by atoms with Crippen LogP contribution in [0.2, 0.25) is 0 Å². The first-order valence-electron chi connectivity index (χ1n) is 8.45. The van der Waals surface area contributed by atoms with Gasteiger partial charge >= 0.3 is 0 Å². The fourth-order valence-corrected chi connectivity index (χ4v) is 2.91. The highest BCUT2D eigenvalue weighted by Crippen LogP contribution is 2.14. The summed E-state index contributed by atoms with van der Waals surface area (Å²) >= 11 is 0. The van der Waals surface area contributed by atoms with Crippen LogP contribution in [-0.2, 0) is 13.1 Å². The Morgan fingerprint density at radius 2 is 1.89 bits per heavy atom. The number of carbonyl (C=O) groups is 1. The minimum atomic E-state index is -0.306. The van der Waals surface area contributed by atoms with Gasteiger partial charge in [-0.05, 0) is 43.3 Å². The van der Waals surface area contributed by atoms with E-state index < -0.39 is 0 Å².